The van der Waals surface area contributed by atoms with Crippen LogP contribution in [0.4, 0.5) is 4.39 Å². The van der Waals surface area contributed by atoms with Crippen LogP contribution < -0.4 is 10.6 Å². The SMILES string of the molecule is Cl.O=C(NCc1ccc(F)cc1)C1CCN(CC2CCNCC2)CC1. The number of nitrogens with zero attached hydrogens (tertiary/aromatic N) is 1. The Balaban J connectivity index is 0.00000225. The van der Waals surface area contributed by atoms with Crippen LogP contribution >= 0.6 is 12.4 Å². The molecule has 2 aliphatic rings. The highest BCUT2D eigenvalue weighted by molar-refractivity contribution is 5.85. The maximum atomic E-state index is 12.9. The van der Waals surface area contributed by atoms with E-state index in [0.29, 0.717) is 6.54 Å². The number of carbonyl (C=O) groups excluding carboxylic acids is 1. The fraction of sp³-hybridized carbons (Fsp3) is 0.632. The average molecular weight is 370 g/mol. The van der Waals surface area contributed by atoms with Gasteiger partial charge in [0.1, 0.15) is 5.82 Å². The van der Waals surface area contributed by atoms with Crippen LogP contribution in [0, 0.1) is 17.7 Å². The second-order valence-corrected chi connectivity index (χ2v) is 7.11. The number of carbonyl (C=O) groups is 1. The molecule has 1 aromatic rings. The van der Waals surface area contributed by atoms with E-state index in [2.05, 4.69) is 15.5 Å². The van der Waals surface area contributed by atoms with Crippen molar-refractivity contribution in [2.45, 2.75) is 32.2 Å². The highest BCUT2D eigenvalue weighted by atomic mass is 35.5. The number of nitrogens with one attached hydrogen (secondary N) is 2. The van der Waals surface area contributed by atoms with Gasteiger partial charge in [-0.25, -0.2) is 4.39 Å². The molecule has 2 N–H and O–H groups in total. The van der Waals surface area contributed by atoms with Gasteiger partial charge in [-0.05, 0) is 75.5 Å². The lowest BCUT2D eigenvalue weighted by molar-refractivity contribution is -0.126. The molecule has 3 rings (SSSR count). The summed E-state index contributed by atoms with van der Waals surface area (Å²) in [5.74, 6) is 0.830. The minimum Gasteiger partial charge on any atom is -0.352 e. The monoisotopic (exact) mass is 369 g/mol. The summed E-state index contributed by atoms with van der Waals surface area (Å²) < 4.78 is 12.9. The zero-order valence-corrected chi connectivity index (χ0v) is 15.5. The first kappa shape index (κ1) is 20.1. The maximum Gasteiger partial charge on any atom is 0.223 e. The van der Waals surface area contributed by atoms with Crippen LogP contribution in [-0.4, -0.2) is 43.5 Å². The van der Waals surface area contributed by atoms with E-state index < -0.39 is 0 Å². The van der Waals surface area contributed by atoms with Gasteiger partial charge in [0.2, 0.25) is 5.91 Å². The van der Waals surface area contributed by atoms with Crippen LogP contribution in [0.25, 0.3) is 0 Å². The lowest BCUT2D eigenvalue weighted by atomic mass is 9.93. The minimum absolute atomic E-state index is 0. The van der Waals surface area contributed by atoms with Crippen molar-refractivity contribution in [2.24, 2.45) is 11.8 Å². The molecule has 4 nitrogen and oxygen atoms in total. The number of halogens is 2. The van der Waals surface area contributed by atoms with Crippen LogP contribution in [0.3, 0.4) is 0 Å². The number of benzene rings is 1. The van der Waals surface area contributed by atoms with E-state index in [0.717, 1.165) is 50.5 Å². The van der Waals surface area contributed by atoms with Gasteiger partial charge in [-0.1, -0.05) is 12.1 Å². The summed E-state index contributed by atoms with van der Waals surface area (Å²) >= 11 is 0. The molecule has 2 saturated heterocycles. The van der Waals surface area contributed by atoms with Crippen LogP contribution in [0.1, 0.15) is 31.2 Å². The van der Waals surface area contributed by atoms with E-state index >= 15 is 0 Å². The molecule has 140 valence electrons. The quantitative estimate of drug-likeness (QED) is 0.838. The summed E-state index contributed by atoms with van der Waals surface area (Å²) in [4.78, 5) is 14.9. The third kappa shape index (κ3) is 6.24. The normalized spacial score (nSPS) is 20.0. The molecular weight excluding hydrogens is 341 g/mol. The number of hydrogen-bond donors (Lipinski definition) is 2. The fourth-order valence-corrected chi connectivity index (χ4v) is 3.74. The molecule has 2 fully saturated rings. The van der Waals surface area contributed by atoms with Crippen LogP contribution in [0.5, 0.6) is 0 Å². The topological polar surface area (TPSA) is 44.4 Å². The Hall–Kier alpha value is -1.17. The van der Waals surface area contributed by atoms with Crippen molar-refractivity contribution < 1.29 is 9.18 Å². The summed E-state index contributed by atoms with van der Waals surface area (Å²) in [7, 11) is 0. The third-order valence-corrected chi connectivity index (χ3v) is 5.31. The van der Waals surface area contributed by atoms with Gasteiger partial charge in [-0.2, -0.15) is 0 Å². The lowest BCUT2D eigenvalue weighted by Crippen LogP contribution is -2.43. The first-order valence-corrected chi connectivity index (χ1v) is 9.16. The Bertz CT molecular complexity index is 526. The Morgan fingerprint density at radius 2 is 1.76 bits per heavy atom. The molecule has 25 heavy (non-hydrogen) atoms. The molecule has 1 amide bonds. The van der Waals surface area contributed by atoms with E-state index in [4.69, 9.17) is 0 Å². The summed E-state index contributed by atoms with van der Waals surface area (Å²) in [5, 5.41) is 6.41. The molecule has 0 unspecified atom stereocenters. The molecule has 2 aliphatic heterocycles. The van der Waals surface area contributed by atoms with Crippen LogP contribution in [0.15, 0.2) is 24.3 Å². The Morgan fingerprint density at radius 1 is 1.12 bits per heavy atom. The summed E-state index contributed by atoms with van der Waals surface area (Å²) in [5.41, 5.74) is 0.938. The Kier molecular flexibility index (Phi) is 8.13. The number of hydrogen-bond acceptors (Lipinski definition) is 3. The predicted molar refractivity (Wildman–Crippen MR) is 100 cm³/mol. The van der Waals surface area contributed by atoms with Crippen LogP contribution in [0.2, 0.25) is 0 Å². The zero-order chi connectivity index (χ0) is 16.8. The summed E-state index contributed by atoms with van der Waals surface area (Å²) in [6.45, 7) is 6.01. The zero-order valence-electron chi connectivity index (χ0n) is 14.7. The second-order valence-electron chi connectivity index (χ2n) is 7.11. The molecule has 0 atom stereocenters. The molecular formula is C19H29ClFN3O. The van der Waals surface area contributed by atoms with E-state index in [-0.39, 0.29) is 30.0 Å². The van der Waals surface area contributed by atoms with E-state index in [1.54, 1.807) is 12.1 Å². The largest absolute Gasteiger partial charge is 0.352 e. The number of rotatable bonds is 5. The van der Waals surface area contributed by atoms with E-state index in [1.165, 1.54) is 31.5 Å². The van der Waals surface area contributed by atoms with Gasteiger partial charge >= 0.3 is 0 Å². The number of piperidine rings is 2. The smallest absolute Gasteiger partial charge is 0.223 e. The van der Waals surface area contributed by atoms with Crippen molar-refractivity contribution in [3.8, 4) is 0 Å². The highest BCUT2D eigenvalue weighted by Crippen LogP contribution is 2.21. The van der Waals surface area contributed by atoms with Crippen molar-refractivity contribution in [3.05, 3.63) is 35.6 Å². The molecule has 0 aromatic heterocycles. The standard InChI is InChI=1S/C19H28FN3O.ClH/c20-18-3-1-15(2-4-18)13-22-19(24)17-7-11-23(12-8-17)14-16-5-9-21-10-6-16;/h1-4,16-17,21H,5-14H2,(H,22,24);1H. The second kappa shape index (κ2) is 10.1. The van der Waals surface area contributed by atoms with Crippen molar-refractivity contribution in [1.29, 1.82) is 0 Å². The summed E-state index contributed by atoms with van der Waals surface area (Å²) in [6.07, 6.45) is 4.44. The number of amides is 1. The molecule has 0 saturated carbocycles. The first-order chi connectivity index (χ1) is 11.7. The minimum atomic E-state index is -0.244. The molecule has 0 radical (unpaired) electrons. The highest BCUT2D eigenvalue weighted by Gasteiger charge is 2.26. The van der Waals surface area contributed by atoms with Gasteiger partial charge in [0.25, 0.3) is 0 Å². The van der Waals surface area contributed by atoms with Gasteiger partial charge in [-0.15, -0.1) is 12.4 Å². The molecule has 0 bridgehead atoms. The van der Waals surface area contributed by atoms with Crippen molar-refractivity contribution in [2.75, 3.05) is 32.7 Å². The van der Waals surface area contributed by atoms with Gasteiger partial charge in [0.05, 0.1) is 0 Å². The molecule has 2 heterocycles. The van der Waals surface area contributed by atoms with E-state index in [1.807, 2.05) is 0 Å². The maximum absolute atomic E-state index is 12.9. The van der Waals surface area contributed by atoms with E-state index in [9.17, 15) is 9.18 Å². The molecule has 0 aliphatic carbocycles. The average Bonchev–Trinajstić information content (AvgIpc) is 2.62. The fourth-order valence-electron chi connectivity index (χ4n) is 3.74. The molecule has 1 aromatic carbocycles. The van der Waals surface area contributed by atoms with Gasteiger partial charge in [-0.3, -0.25) is 4.79 Å². The van der Waals surface area contributed by atoms with Gasteiger partial charge in [0.15, 0.2) is 0 Å². The third-order valence-electron chi connectivity index (χ3n) is 5.31. The first-order valence-electron chi connectivity index (χ1n) is 9.16. The van der Waals surface area contributed by atoms with Gasteiger partial charge in [0, 0.05) is 19.0 Å². The Labute approximate surface area is 156 Å². The van der Waals surface area contributed by atoms with Gasteiger partial charge < -0.3 is 15.5 Å². The number of likely N-dealkylation sites (tertiary alicyclic amines) is 1. The summed E-state index contributed by atoms with van der Waals surface area (Å²) in [6, 6.07) is 6.30. The lowest BCUT2D eigenvalue weighted by Gasteiger charge is -2.35. The van der Waals surface area contributed by atoms with Crippen molar-refractivity contribution >= 4 is 18.3 Å². The Morgan fingerprint density at radius 3 is 2.40 bits per heavy atom. The van der Waals surface area contributed by atoms with Crippen molar-refractivity contribution in [1.82, 2.24) is 15.5 Å². The molecule has 6 heteroatoms. The molecule has 0 spiro atoms. The van der Waals surface area contributed by atoms with Crippen molar-refractivity contribution in [3.63, 3.8) is 0 Å². The van der Waals surface area contributed by atoms with Crippen LogP contribution in [-0.2, 0) is 11.3 Å². The predicted octanol–water partition coefficient (Wildman–Crippen LogP) is 2.58.